The summed E-state index contributed by atoms with van der Waals surface area (Å²) in [5, 5.41) is 4.25. The molecule has 1 aromatic carbocycles. The molecule has 0 radical (unpaired) electrons. The Labute approximate surface area is 183 Å². The quantitative estimate of drug-likeness (QED) is 0.598. The number of hydrogen-bond donors (Lipinski definition) is 1. The van der Waals surface area contributed by atoms with E-state index in [0.29, 0.717) is 6.61 Å². The molecule has 1 N–H and O–H groups in total. The first kappa shape index (κ1) is 20.6. The fourth-order valence-corrected chi connectivity index (χ4v) is 4.68. The summed E-state index contributed by atoms with van der Waals surface area (Å²) < 4.78 is 7.69. The van der Waals surface area contributed by atoms with Crippen molar-refractivity contribution in [1.29, 1.82) is 0 Å². The fraction of sp³-hybridized carbons (Fsp3) is 0.333. The van der Waals surface area contributed by atoms with Crippen molar-refractivity contribution in [2.75, 3.05) is 20.3 Å². The Kier molecular flexibility index (Phi) is 5.88. The highest BCUT2D eigenvalue weighted by molar-refractivity contribution is 7.80. The van der Waals surface area contributed by atoms with Crippen LogP contribution in [-0.2, 0) is 4.74 Å². The van der Waals surface area contributed by atoms with Crippen LogP contribution in [0.25, 0.3) is 5.69 Å². The number of methoxy groups -OCH3 is 1. The molecule has 4 rings (SSSR count). The lowest BCUT2D eigenvalue weighted by Crippen LogP contribution is -2.32. The lowest BCUT2D eigenvalue weighted by Gasteiger charge is -2.28. The Morgan fingerprint density at radius 3 is 2.53 bits per heavy atom. The van der Waals surface area contributed by atoms with Crippen molar-refractivity contribution >= 4 is 17.3 Å². The van der Waals surface area contributed by atoms with E-state index in [9.17, 15) is 0 Å². The highest BCUT2D eigenvalue weighted by Gasteiger charge is 2.41. The predicted octanol–water partition coefficient (Wildman–Crippen LogP) is 4.42. The highest BCUT2D eigenvalue weighted by Crippen LogP contribution is 2.41. The number of rotatable bonds is 6. The summed E-state index contributed by atoms with van der Waals surface area (Å²) in [6.45, 7) is 7.80. The van der Waals surface area contributed by atoms with E-state index in [1.54, 1.807) is 7.11 Å². The van der Waals surface area contributed by atoms with Gasteiger partial charge in [0.15, 0.2) is 5.11 Å². The fourth-order valence-electron chi connectivity index (χ4n) is 4.35. The average Bonchev–Trinajstić information content (AvgIpc) is 3.23. The van der Waals surface area contributed by atoms with Gasteiger partial charge in [0.2, 0.25) is 0 Å². The Morgan fingerprint density at radius 2 is 1.87 bits per heavy atom. The molecule has 3 aromatic rings. The number of ether oxygens (including phenoxy) is 1. The molecular weight excluding hydrogens is 392 g/mol. The van der Waals surface area contributed by atoms with Crippen molar-refractivity contribution in [2.45, 2.75) is 32.9 Å². The van der Waals surface area contributed by atoms with E-state index in [0.717, 1.165) is 17.4 Å². The summed E-state index contributed by atoms with van der Waals surface area (Å²) in [5.74, 6) is 0. The average molecular weight is 421 g/mol. The normalized spacial score (nSPS) is 18.7. The molecule has 0 bridgehead atoms. The third-order valence-corrected chi connectivity index (χ3v) is 6.17. The molecule has 30 heavy (non-hydrogen) atoms. The van der Waals surface area contributed by atoms with Crippen molar-refractivity contribution in [1.82, 2.24) is 19.8 Å². The van der Waals surface area contributed by atoms with Gasteiger partial charge in [-0.05, 0) is 68.9 Å². The monoisotopic (exact) mass is 420 g/mol. The van der Waals surface area contributed by atoms with E-state index in [-0.39, 0.29) is 12.1 Å². The molecule has 6 heteroatoms. The molecule has 0 saturated carbocycles. The summed E-state index contributed by atoms with van der Waals surface area (Å²) in [6, 6.07) is 17.0. The standard InChI is InChI=1S/C24H28N4OS/c1-16-8-10-19(11-9-16)28-17(2)15-20(18(28)3)23-22(21-7-5-6-12-25-21)26-24(30)27(23)13-14-29-4/h5-12,15,22-23H,13-14H2,1-4H3,(H,26,30). The minimum Gasteiger partial charge on any atom is -0.383 e. The third-order valence-electron chi connectivity index (χ3n) is 5.82. The van der Waals surface area contributed by atoms with Crippen LogP contribution in [0.4, 0.5) is 0 Å². The van der Waals surface area contributed by atoms with Gasteiger partial charge in [0.1, 0.15) is 0 Å². The van der Waals surface area contributed by atoms with Gasteiger partial charge in [0, 0.05) is 36.9 Å². The van der Waals surface area contributed by atoms with E-state index in [2.05, 4.69) is 76.9 Å². The maximum absolute atomic E-state index is 5.72. The Balaban J connectivity index is 1.81. The van der Waals surface area contributed by atoms with Crippen molar-refractivity contribution in [3.63, 3.8) is 0 Å². The number of aryl methyl sites for hydroxylation is 2. The van der Waals surface area contributed by atoms with Gasteiger partial charge in [-0.25, -0.2) is 0 Å². The first-order chi connectivity index (χ1) is 14.5. The molecule has 2 atom stereocenters. The molecule has 156 valence electrons. The lowest BCUT2D eigenvalue weighted by atomic mass is 9.97. The largest absolute Gasteiger partial charge is 0.383 e. The Morgan fingerprint density at radius 1 is 1.10 bits per heavy atom. The van der Waals surface area contributed by atoms with Crippen LogP contribution in [0.2, 0.25) is 0 Å². The van der Waals surface area contributed by atoms with E-state index in [1.165, 1.54) is 28.2 Å². The van der Waals surface area contributed by atoms with E-state index in [1.807, 2.05) is 18.3 Å². The molecule has 1 saturated heterocycles. The topological polar surface area (TPSA) is 42.3 Å². The molecule has 0 amide bonds. The molecular formula is C24H28N4OS. The van der Waals surface area contributed by atoms with Crippen LogP contribution >= 0.6 is 12.2 Å². The second-order valence-corrected chi connectivity index (χ2v) is 8.20. The molecule has 1 aliphatic heterocycles. The van der Waals surface area contributed by atoms with Crippen LogP contribution in [0.3, 0.4) is 0 Å². The Hall–Kier alpha value is -2.70. The van der Waals surface area contributed by atoms with Gasteiger partial charge in [0.25, 0.3) is 0 Å². The van der Waals surface area contributed by atoms with Crippen molar-refractivity contribution < 1.29 is 4.74 Å². The van der Waals surface area contributed by atoms with Gasteiger partial charge >= 0.3 is 0 Å². The summed E-state index contributed by atoms with van der Waals surface area (Å²) in [4.78, 5) is 6.86. The van der Waals surface area contributed by atoms with Gasteiger partial charge in [-0.15, -0.1) is 0 Å². The Bertz CT molecular complexity index is 1030. The van der Waals surface area contributed by atoms with Crippen LogP contribution in [0.1, 0.15) is 40.3 Å². The summed E-state index contributed by atoms with van der Waals surface area (Å²) in [6.07, 6.45) is 1.84. The van der Waals surface area contributed by atoms with Crippen LogP contribution in [-0.4, -0.2) is 39.8 Å². The first-order valence-corrected chi connectivity index (χ1v) is 10.6. The van der Waals surface area contributed by atoms with Crippen LogP contribution in [0.5, 0.6) is 0 Å². The summed E-state index contributed by atoms with van der Waals surface area (Å²) in [7, 11) is 1.72. The first-order valence-electron chi connectivity index (χ1n) is 10.2. The zero-order valence-corrected chi connectivity index (χ0v) is 18.7. The van der Waals surface area contributed by atoms with E-state index >= 15 is 0 Å². The molecule has 1 aliphatic rings. The SMILES string of the molecule is COCCN1C(=S)NC(c2ccccn2)C1c1cc(C)n(-c2ccc(C)cc2)c1C. The summed E-state index contributed by atoms with van der Waals surface area (Å²) >= 11 is 5.72. The minimum atomic E-state index is -0.0116. The summed E-state index contributed by atoms with van der Waals surface area (Å²) in [5.41, 5.74) is 7.10. The number of aromatic nitrogens is 2. The zero-order valence-electron chi connectivity index (χ0n) is 17.9. The van der Waals surface area contributed by atoms with Gasteiger partial charge in [-0.3, -0.25) is 4.98 Å². The van der Waals surface area contributed by atoms with Gasteiger partial charge in [-0.1, -0.05) is 23.8 Å². The molecule has 2 aromatic heterocycles. The van der Waals surface area contributed by atoms with Gasteiger partial charge in [0.05, 0.1) is 24.4 Å². The zero-order chi connectivity index (χ0) is 21.3. The van der Waals surface area contributed by atoms with Crippen molar-refractivity contribution in [3.8, 4) is 5.69 Å². The number of hydrogen-bond acceptors (Lipinski definition) is 3. The minimum absolute atomic E-state index is 0.0116. The number of benzene rings is 1. The number of nitrogens with one attached hydrogen (secondary N) is 1. The molecule has 3 heterocycles. The van der Waals surface area contributed by atoms with Crippen LogP contribution < -0.4 is 5.32 Å². The molecule has 1 fully saturated rings. The van der Waals surface area contributed by atoms with Gasteiger partial charge in [-0.2, -0.15) is 0 Å². The number of thiocarbonyl (C=S) groups is 1. The molecule has 0 aliphatic carbocycles. The van der Waals surface area contributed by atoms with Crippen molar-refractivity contribution in [3.05, 3.63) is 82.9 Å². The van der Waals surface area contributed by atoms with E-state index < -0.39 is 0 Å². The third kappa shape index (κ3) is 3.73. The number of pyridine rings is 1. The second-order valence-electron chi connectivity index (χ2n) is 7.81. The van der Waals surface area contributed by atoms with Crippen LogP contribution in [0.15, 0.2) is 54.7 Å². The van der Waals surface area contributed by atoms with E-state index in [4.69, 9.17) is 17.0 Å². The van der Waals surface area contributed by atoms with Crippen LogP contribution in [0, 0.1) is 20.8 Å². The lowest BCUT2D eigenvalue weighted by molar-refractivity contribution is 0.164. The predicted molar refractivity (Wildman–Crippen MR) is 124 cm³/mol. The molecule has 5 nitrogen and oxygen atoms in total. The maximum atomic E-state index is 5.72. The van der Waals surface area contributed by atoms with Crippen molar-refractivity contribution in [2.24, 2.45) is 0 Å². The maximum Gasteiger partial charge on any atom is 0.170 e. The molecule has 2 unspecified atom stereocenters. The number of nitrogens with zero attached hydrogens (tertiary/aromatic N) is 3. The smallest absolute Gasteiger partial charge is 0.170 e. The highest BCUT2D eigenvalue weighted by atomic mass is 32.1. The molecule has 0 spiro atoms. The second kappa shape index (κ2) is 8.58. The van der Waals surface area contributed by atoms with Gasteiger partial charge < -0.3 is 19.5 Å².